The van der Waals surface area contributed by atoms with E-state index in [4.69, 9.17) is 35.6 Å². The van der Waals surface area contributed by atoms with Crippen LogP contribution in [0.2, 0.25) is 5.02 Å². The molecule has 0 unspecified atom stereocenters. The Morgan fingerprint density at radius 1 is 1.06 bits per heavy atom. The molecule has 0 bridgehead atoms. The van der Waals surface area contributed by atoms with Gasteiger partial charge in [-0.15, -0.1) is 0 Å². The summed E-state index contributed by atoms with van der Waals surface area (Å²) in [6.07, 6.45) is 1.96. The fraction of sp³-hybridized carbons (Fsp3) is 0.222. The van der Waals surface area contributed by atoms with E-state index in [-0.39, 0.29) is 6.04 Å². The Labute approximate surface area is 204 Å². The third-order valence-electron chi connectivity index (χ3n) is 6.01. The first-order chi connectivity index (χ1) is 16.6. The molecule has 3 aromatic rings. The number of methoxy groups -OCH3 is 2. The Kier molecular flexibility index (Phi) is 6.07. The number of hydrogen-bond donors (Lipinski definition) is 0. The average Bonchev–Trinajstić information content (AvgIpc) is 3.32. The van der Waals surface area contributed by atoms with Gasteiger partial charge < -0.3 is 18.9 Å². The molecule has 7 heteroatoms. The van der Waals surface area contributed by atoms with Gasteiger partial charge in [-0.3, -0.25) is 0 Å². The molecule has 0 saturated heterocycles. The molecule has 0 fully saturated rings. The van der Waals surface area contributed by atoms with Crippen molar-refractivity contribution in [2.24, 2.45) is 5.10 Å². The Balaban J connectivity index is 1.58. The van der Waals surface area contributed by atoms with Gasteiger partial charge in [0.05, 0.1) is 26.0 Å². The lowest BCUT2D eigenvalue weighted by molar-refractivity contribution is -0.0210. The molecule has 2 aliphatic heterocycles. The first-order valence-electron chi connectivity index (χ1n) is 11.0. The number of ether oxygens (including phenoxy) is 4. The minimum Gasteiger partial charge on any atom is -0.493 e. The number of hydrogen-bond acceptors (Lipinski definition) is 6. The van der Waals surface area contributed by atoms with E-state index >= 15 is 0 Å². The van der Waals surface area contributed by atoms with Crippen molar-refractivity contribution >= 4 is 17.3 Å². The van der Waals surface area contributed by atoms with Gasteiger partial charge in [0, 0.05) is 22.6 Å². The van der Waals surface area contributed by atoms with Gasteiger partial charge >= 0.3 is 0 Å². The normalized spacial score (nSPS) is 18.3. The van der Waals surface area contributed by atoms with Crippen molar-refractivity contribution in [1.82, 2.24) is 5.01 Å². The molecule has 0 N–H and O–H groups in total. The first kappa shape index (κ1) is 22.2. The summed E-state index contributed by atoms with van der Waals surface area (Å²) in [4.78, 5) is 0. The van der Waals surface area contributed by atoms with Crippen LogP contribution in [0.25, 0.3) is 0 Å². The molecule has 0 aromatic heterocycles. The third kappa shape index (κ3) is 3.94. The number of halogens is 1. The van der Waals surface area contributed by atoms with E-state index in [2.05, 4.69) is 12.6 Å². The highest BCUT2D eigenvalue weighted by Gasteiger charge is 2.42. The summed E-state index contributed by atoms with van der Waals surface area (Å²) in [7, 11) is 3.27. The second-order valence-electron chi connectivity index (χ2n) is 8.01. The second-order valence-corrected chi connectivity index (χ2v) is 8.45. The molecule has 0 spiro atoms. The van der Waals surface area contributed by atoms with Crippen LogP contribution in [0, 0.1) is 0 Å². The van der Waals surface area contributed by atoms with Crippen molar-refractivity contribution in [1.29, 1.82) is 0 Å². The van der Waals surface area contributed by atoms with Gasteiger partial charge in [0.1, 0.15) is 6.61 Å². The second kappa shape index (κ2) is 9.31. The minimum absolute atomic E-state index is 0.00258. The highest BCUT2D eigenvalue weighted by Crippen LogP contribution is 2.51. The van der Waals surface area contributed by atoms with Crippen molar-refractivity contribution in [3.05, 3.63) is 95.0 Å². The zero-order valence-electron chi connectivity index (χ0n) is 19.0. The Morgan fingerprint density at radius 3 is 2.59 bits per heavy atom. The number of nitrogens with zero attached hydrogens (tertiary/aromatic N) is 2. The fourth-order valence-electron chi connectivity index (χ4n) is 4.39. The summed E-state index contributed by atoms with van der Waals surface area (Å²) < 4.78 is 23.5. The van der Waals surface area contributed by atoms with E-state index in [1.165, 1.54) is 0 Å². The van der Waals surface area contributed by atoms with Crippen molar-refractivity contribution in [3.63, 3.8) is 0 Å². The molecule has 0 amide bonds. The van der Waals surface area contributed by atoms with Crippen LogP contribution < -0.4 is 18.9 Å². The maximum absolute atomic E-state index is 6.54. The van der Waals surface area contributed by atoms with Crippen molar-refractivity contribution in [2.45, 2.75) is 18.7 Å². The van der Waals surface area contributed by atoms with E-state index in [0.29, 0.717) is 28.9 Å². The molecule has 174 valence electrons. The smallest absolute Gasteiger partial charge is 0.214 e. The summed E-state index contributed by atoms with van der Waals surface area (Å²) in [5.41, 5.74) is 3.95. The van der Waals surface area contributed by atoms with Gasteiger partial charge in [-0.05, 0) is 42.0 Å². The summed E-state index contributed by atoms with van der Waals surface area (Å²) >= 11 is 6.11. The topological polar surface area (TPSA) is 52.5 Å². The number of fused-ring (bicyclic) bond motifs is 3. The van der Waals surface area contributed by atoms with Crippen LogP contribution in [0.5, 0.6) is 23.0 Å². The molecule has 3 aromatic carbocycles. The van der Waals surface area contributed by atoms with Crippen molar-refractivity contribution in [2.75, 3.05) is 20.8 Å². The molecule has 34 heavy (non-hydrogen) atoms. The lowest BCUT2D eigenvalue weighted by atomic mass is 9.95. The van der Waals surface area contributed by atoms with E-state index in [0.717, 1.165) is 34.6 Å². The maximum atomic E-state index is 6.54. The lowest BCUT2D eigenvalue weighted by Gasteiger charge is -2.38. The molecule has 6 nitrogen and oxygen atoms in total. The molecule has 5 rings (SSSR count). The zero-order chi connectivity index (χ0) is 23.7. The van der Waals surface area contributed by atoms with Gasteiger partial charge in [-0.2, -0.15) is 5.10 Å². The van der Waals surface area contributed by atoms with E-state index in [9.17, 15) is 0 Å². The van der Waals surface area contributed by atoms with Gasteiger partial charge in [0.15, 0.2) is 23.0 Å². The molecule has 0 saturated carbocycles. The monoisotopic (exact) mass is 476 g/mol. The van der Waals surface area contributed by atoms with E-state index in [1.54, 1.807) is 20.3 Å². The van der Waals surface area contributed by atoms with Crippen molar-refractivity contribution < 1.29 is 18.9 Å². The predicted molar refractivity (Wildman–Crippen MR) is 132 cm³/mol. The number of para-hydroxylation sites is 1. The molecular weight excluding hydrogens is 452 g/mol. The van der Waals surface area contributed by atoms with Gasteiger partial charge in [0.2, 0.25) is 6.23 Å². The summed E-state index contributed by atoms with van der Waals surface area (Å²) in [6.45, 7) is 4.10. The van der Waals surface area contributed by atoms with Crippen LogP contribution in [0.3, 0.4) is 0 Å². The fourth-order valence-corrected chi connectivity index (χ4v) is 4.51. The molecular formula is C27H25ClN2O4. The molecule has 2 atom stereocenters. The molecule has 2 aliphatic rings. The van der Waals surface area contributed by atoms with Crippen LogP contribution in [0.4, 0.5) is 0 Å². The van der Waals surface area contributed by atoms with Crippen molar-refractivity contribution in [3.8, 4) is 23.0 Å². The number of rotatable bonds is 7. The van der Waals surface area contributed by atoms with Gasteiger partial charge in [0.25, 0.3) is 0 Å². The molecule has 0 aliphatic carbocycles. The zero-order valence-corrected chi connectivity index (χ0v) is 19.8. The highest BCUT2D eigenvalue weighted by atomic mass is 35.5. The first-order valence-corrected chi connectivity index (χ1v) is 11.4. The lowest BCUT2D eigenvalue weighted by Crippen LogP contribution is -2.33. The number of hydrazone groups is 1. The third-order valence-corrected chi connectivity index (χ3v) is 6.26. The largest absolute Gasteiger partial charge is 0.493 e. The Bertz CT molecular complexity index is 1240. The predicted octanol–water partition coefficient (Wildman–Crippen LogP) is 6.16. The van der Waals surface area contributed by atoms with Gasteiger partial charge in [-0.1, -0.05) is 48.5 Å². The summed E-state index contributed by atoms with van der Waals surface area (Å²) in [6, 6.07) is 19.5. The quantitative estimate of drug-likeness (QED) is 0.382. The SMILES string of the molecule is C=CCOc1ccc([C@H]2Oc3c(OC)cccc3[C@H]3CC(c4ccc(Cl)cc4)=NN32)cc1OC. The summed E-state index contributed by atoms with van der Waals surface area (Å²) in [5, 5.41) is 7.72. The Morgan fingerprint density at radius 2 is 1.85 bits per heavy atom. The number of benzene rings is 3. The van der Waals surface area contributed by atoms with Crippen LogP contribution in [0.15, 0.2) is 78.4 Å². The average molecular weight is 477 g/mol. The van der Waals surface area contributed by atoms with E-state index in [1.807, 2.05) is 59.6 Å². The maximum Gasteiger partial charge on any atom is 0.214 e. The van der Waals surface area contributed by atoms with Crippen LogP contribution in [-0.2, 0) is 0 Å². The standard InChI is InChI=1S/C27H25ClN2O4/c1-4-14-33-23-13-10-18(15-25(23)32-3)27-30-22(20-6-5-7-24(31-2)26(20)34-27)16-21(29-30)17-8-11-19(28)12-9-17/h4-13,15,22,27H,1,14,16H2,2-3H3/t22-,27-/m1/s1. The summed E-state index contributed by atoms with van der Waals surface area (Å²) in [5.74, 6) is 2.68. The highest BCUT2D eigenvalue weighted by molar-refractivity contribution is 6.30. The van der Waals surface area contributed by atoms with E-state index < -0.39 is 6.23 Å². The molecule has 2 heterocycles. The van der Waals surface area contributed by atoms with Crippen LogP contribution >= 0.6 is 11.6 Å². The van der Waals surface area contributed by atoms with Gasteiger partial charge in [-0.25, -0.2) is 5.01 Å². The molecule has 0 radical (unpaired) electrons. The Hall–Kier alpha value is -3.64. The minimum atomic E-state index is -0.471. The van der Waals surface area contributed by atoms with Crippen LogP contribution in [0.1, 0.15) is 35.4 Å². The van der Waals surface area contributed by atoms with Crippen LogP contribution in [-0.4, -0.2) is 31.5 Å².